The standard InChI is InChI=1S/C13H15BrN4O2/c1-7-12(14)8(2)18(16-7)6-10-5-11(20-17-10)13(19)15-9-3-4-9/h5,9H,3-4,6H2,1-2H3,(H,15,19). The predicted octanol–water partition coefficient (Wildman–Crippen LogP) is 2.19. The topological polar surface area (TPSA) is 73.0 Å². The zero-order valence-corrected chi connectivity index (χ0v) is 12.9. The molecule has 106 valence electrons. The van der Waals surface area contributed by atoms with Crippen molar-refractivity contribution in [1.29, 1.82) is 0 Å². The van der Waals surface area contributed by atoms with E-state index in [9.17, 15) is 4.79 Å². The van der Waals surface area contributed by atoms with Gasteiger partial charge in [0.1, 0.15) is 5.69 Å². The van der Waals surface area contributed by atoms with Gasteiger partial charge in [-0.1, -0.05) is 5.16 Å². The van der Waals surface area contributed by atoms with E-state index >= 15 is 0 Å². The van der Waals surface area contributed by atoms with Gasteiger partial charge in [0.25, 0.3) is 5.91 Å². The average Bonchev–Trinajstić information content (AvgIpc) is 3.05. The van der Waals surface area contributed by atoms with Crippen LogP contribution < -0.4 is 5.32 Å². The third kappa shape index (κ3) is 2.63. The Morgan fingerprint density at radius 2 is 2.30 bits per heavy atom. The van der Waals surface area contributed by atoms with E-state index in [1.54, 1.807) is 6.07 Å². The molecule has 20 heavy (non-hydrogen) atoms. The molecule has 2 aromatic heterocycles. The number of halogens is 1. The number of carbonyl (C=O) groups is 1. The van der Waals surface area contributed by atoms with Gasteiger partial charge in [0.15, 0.2) is 0 Å². The predicted molar refractivity (Wildman–Crippen MR) is 75.5 cm³/mol. The van der Waals surface area contributed by atoms with Crippen LogP contribution in [0.15, 0.2) is 15.1 Å². The summed E-state index contributed by atoms with van der Waals surface area (Å²) >= 11 is 3.48. The van der Waals surface area contributed by atoms with E-state index in [4.69, 9.17) is 4.52 Å². The van der Waals surface area contributed by atoms with E-state index in [1.807, 2.05) is 18.5 Å². The highest BCUT2D eigenvalue weighted by atomic mass is 79.9. The lowest BCUT2D eigenvalue weighted by molar-refractivity contribution is 0.0914. The zero-order valence-electron chi connectivity index (χ0n) is 11.3. The second-order valence-electron chi connectivity index (χ2n) is 5.07. The first-order valence-corrected chi connectivity index (χ1v) is 7.30. The molecule has 7 heteroatoms. The lowest BCUT2D eigenvalue weighted by Gasteiger charge is -2.00. The Morgan fingerprint density at radius 1 is 1.55 bits per heavy atom. The molecular formula is C13H15BrN4O2. The lowest BCUT2D eigenvalue weighted by Crippen LogP contribution is -2.24. The Hall–Kier alpha value is -1.63. The van der Waals surface area contributed by atoms with Gasteiger partial charge >= 0.3 is 0 Å². The summed E-state index contributed by atoms with van der Waals surface area (Å²) in [7, 11) is 0. The molecule has 0 aliphatic heterocycles. The van der Waals surface area contributed by atoms with Crippen LogP contribution >= 0.6 is 15.9 Å². The molecule has 0 aromatic carbocycles. The second kappa shape index (κ2) is 5.05. The van der Waals surface area contributed by atoms with Gasteiger partial charge in [0.05, 0.1) is 22.4 Å². The molecule has 2 aromatic rings. The summed E-state index contributed by atoms with van der Waals surface area (Å²) < 4.78 is 7.92. The van der Waals surface area contributed by atoms with Gasteiger partial charge in [-0.15, -0.1) is 0 Å². The largest absolute Gasteiger partial charge is 0.351 e. The Bertz CT molecular complexity index is 657. The fourth-order valence-corrected chi connectivity index (χ4v) is 2.24. The molecule has 1 fully saturated rings. The monoisotopic (exact) mass is 338 g/mol. The van der Waals surface area contributed by atoms with Crippen molar-refractivity contribution in [2.45, 2.75) is 39.3 Å². The molecule has 1 saturated carbocycles. The van der Waals surface area contributed by atoms with Crippen LogP contribution in [0.2, 0.25) is 0 Å². The minimum Gasteiger partial charge on any atom is -0.351 e. The van der Waals surface area contributed by atoms with Crippen molar-refractivity contribution in [3.8, 4) is 0 Å². The fourth-order valence-electron chi connectivity index (χ4n) is 1.96. The van der Waals surface area contributed by atoms with E-state index in [2.05, 4.69) is 31.5 Å². The molecule has 2 heterocycles. The minimum absolute atomic E-state index is 0.194. The number of nitrogens with one attached hydrogen (secondary N) is 1. The maximum absolute atomic E-state index is 11.8. The maximum atomic E-state index is 11.8. The Morgan fingerprint density at radius 3 is 2.90 bits per heavy atom. The molecule has 3 rings (SSSR count). The van der Waals surface area contributed by atoms with Crippen LogP contribution in [0, 0.1) is 13.8 Å². The van der Waals surface area contributed by atoms with Gasteiger partial charge in [-0.05, 0) is 42.6 Å². The smallest absolute Gasteiger partial charge is 0.290 e. The molecule has 0 unspecified atom stereocenters. The number of carbonyl (C=O) groups excluding carboxylic acids is 1. The number of aromatic nitrogens is 3. The highest BCUT2D eigenvalue weighted by Crippen LogP contribution is 2.21. The molecule has 1 aliphatic rings. The van der Waals surface area contributed by atoms with Gasteiger partial charge in [0, 0.05) is 12.1 Å². The molecule has 6 nitrogen and oxygen atoms in total. The Balaban J connectivity index is 1.73. The number of hydrogen-bond acceptors (Lipinski definition) is 4. The molecule has 1 aliphatic carbocycles. The third-order valence-corrected chi connectivity index (χ3v) is 4.45. The van der Waals surface area contributed by atoms with Crippen molar-refractivity contribution in [1.82, 2.24) is 20.3 Å². The van der Waals surface area contributed by atoms with Crippen molar-refractivity contribution in [2.24, 2.45) is 0 Å². The lowest BCUT2D eigenvalue weighted by atomic mass is 10.3. The summed E-state index contributed by atoms with van der Waals surface area (Å²) in [6.45, 7) is 4.40. The average molecular weight is 339 g/mol. The van der Waals surface area contributed by atoms with Gasteiger partial charge in [-0.2, -0.15) is 5.10 Å². The van der Waals surface area contributed by atoms with Crippen LogP contribution in [-0.2, 0) is 6.54 Å². The molecule has 0 saturated heterocycles. The number of amides is 1. The Labute approximate surface area is 124 Å². The first-order valence-electron chi connectivity index (χ1n) is 6.50. The van der Waals surface area contributed by atoms with Crippen molar-refractivity contribution in [3.63, 3.8) is 0 Å². The van der Waals surface area contributed by atoms with Gasteiger partial charge in [0.2, 0.25) is 5.76 Å². The van der Waals surface area contributed by atoms with Gasteiger partial charge in [-0.3, -0.25) is 9.48 Å². The molecule has 0 radical (unpaired) electrons. The van der Waals surface area contributed by atoms with Crippen molar-refractivity contribution in [3.05, 3.63) is 33.4 Å². The molecule has 0 spiro atoms. The highest BCUT2D eigenvalue weighted by Gasteiger charge is 2.25. The molecule has 1 amide bonds. The van der Waals surface area contributed by atoms with Crippen LogP contribution in [0.4, 0.5) is 0 Å². The van der Waals surface area contributed by atoms with E-state index < -0.39 is 0 Å². The van der Waals surface area contributed by atoms with E-state index in [0.717, 1.165) is 28.7 Å². The molecular weight excluding hydrogens is 324 g/mol. The van der Waals surface area contributed by atoms with Crippen LogP contribution in [0.1, 0.15) is 40.5 Å². The molecule has 0 bridgehead atoms. The van der Waals surface area contributed by atoms with Gasteiger partial charge in [-0.25, -0.2) is 0 Å². The number of aryl methyl sites for hydroxylation is 1. The van der Waals surface area contributed by atoms with Crippen molar-refractivity contribution < 1.29 is 9.32 Å². The summed E-state index contributed by atoms with van der Waals surface area (Å²) in [5, 5.41) is 11.2. The summed E-state index contributed by atoms with van der Waals surface area (Å²) in [5.74, 6) is 0.0632. The summed E-state index contributed by atoms with van der Waals surface area (Å²) in [6.07, 6.45) is 2.10. The van der Waals surface area contributed by atoms with Crippen LogP contribution in [0.5, 0.6) is 0 Å². The number of rotatable bonds is 4. The molecule has 0 atom stereocenters. The third-order valence-electron chi connectivity index (χ3n) is 3.30. The maximum Gasteiger partial charge on any atom is 0.290 e. The van der Waals surface area contributed by atoms with Crippen LogP contribution in [0.25, 0.3) is 0 Å². The highest BCUT2D eigenvalue weighted by molar-refractivity contribution is 9.10. The number of nitrogens with zero attached hydrogens (tertiary/aromatic N) is 3. The number of hydrogen-bond donors (Lipinski definition) is 1. The summed E-state index contributed by atoms with van der Waals surface area (Å²) in [5.41, 5.74) is 2.64. The molecule has 1 N–H and O–H groups in total. The van der Waals surface area contributed by atoms with Crippen molar-refractivity contribution >= 4 is 21.8 Å². The minimum atomic E-state index is -0.194. The SMILES string of the molecule is Cc1nn(Cc2cc(C(=O)NC3CC3)on2)c(C)c1Br. The van der Waals surface area contributed by atoms with E-state index in [0.29, 0.717) is 18.3 Å². The van der Waals surface area contributed by atoms with Crippen molar-refractivity contribution in [2.75, 3.05) is 0 Å². The Kier molecular flexibility index (Phi) is 3.37. The summed E-state index contributed by atoms with van der Waals surface area (Å²) in [4.78, 5) is 11.8. The second-order valence-corrected chi connectivity index (χ2v) is 5.87. The summed E-state index contributed by atoms with van der Waals surface area (Å²) in [6, 6.07) is 1.98. The first kappa shape index (κ1) is 13.4. The zero-order chi connectivity index (χ0) is 14.3. The van der Waals surface area contributed by atoms with Crippen LogP contribution in [0.3, 0.4) is 0 Å². The van der Waals surface area contributed by atoms with E-state index in [1.165, 1.54) is 0 Å². The fraction of sp³-hybridized carbons (Fsp3) is 0.462. The quantitative estimate of drug-likeness (QED) is 0.927. The van der Waals surface area contributed by atoms with E-state index in [-0.39, 0.29) is 11.7 Å². The normalized spacial score (nSPS) is 14.6. The van der Waals surface area contributed by atoms with Gasteiger partial charge < -0.3 is 9.84 Å². The first-order chi connectivity index (χ1) is 9.54. The van der Waals surface area contributed by atoms with Crippen LogP contribution in [-0.4, -0.2) is 26.9 Å².